The van der Waals surface area contributed by atoms with Crippen molar-refractivity contribution in [2.24, 2.45) is 0 Å². The summed E-state index contributed by atoms with van der Waals surface area (Å²) >= 11 is 0. The maximum Gasteiger partial charge on any atom is 0.182 e. The van der Waals surface area contributed by atoms with Gasteiger partial charge in [0.05, 0.1) is 6.33 Å². The van der Waals surface area contributed by atoms with Crippen molar-refractivity contribution < 1.29 is 0 Å². The van der Waals surface area contributed by atoms with Gasteiger partial charge in [-0.3, -0.25) is 0 Å². The molecule has 2 N–H and O–H groups in total. The highest BCUT2D eigenvalue weighted by Crippen LogP contribution is 2.14. The average Bonchev–Trinajstić information content (AvgIpc) is 2.87. The van der Waals surface area contributed by atoms with Crippen LogP contribution in [0, 0.1) is 0 Å². The summed E-state index contributed by atoms with van der Waals surface area (Å²) in [7, 11) is 0. The van der Waals surface area contributed by atoms with Crippen LogP contribution in [-0.2, 0) is 0 Å². The van der Waals surface area contributed by atoms with Crippen LogP contribution in [0.4, 0.5) is 5.82 Å². The molecule has 20 heavy (non-hydrogen) atoms. The number of aromatic nitrogens is 4. The molecule has 0 bridgehead atoms. The fourth-order valence-electron chi connectivity index (χ4n) is 1.91. The zero-order chi connectivity index (χ0) is 14.4. The van der Waals surface area contributed by atoms with E-state index in [0.717, 1.165) is 30.7 Å². The van der Waals surface area contributed by atoms with Crippen LogP contribution in [0.15, 0.2) is 36.0 Å². The molecular weight excluding hydrogens is 250 g/mol. The molecule has 0 atom stereocenters. The van der Waals surface area contributed by atoms with Gasteiger partial charge in [0, 0.05) is 6.54 Å². The summed E-state index contributed by atoms with van der Waals surface area (Å²) < 4.78 is 0. The van der Waals surface area contributed by atoms with Crippen LogP contribution in [0.1, 0.15) is 33.6 Å². The van der Waals surface area contributed by atoms with Gasteiger partial charge in [-0.15, -0.1) is 0 Å². The van der Waals surface area contributed by atoms with Gasteiger partial charge in [-0.2, -0.15) is 0 Å². The van der Waals surface area contributed by atoms with Gasteiger partial charge in [0.25, 0.3) is 0 Å². The molecule has 106 valence electrons. The van der Waals surface area contributed by atoms with Gasteiger partial charge >= 0.3 is 0 Å². The standard InChI is InChI=1S/C15H21N5/c1-11(2)5-4-6-12(3)7-8-16-14-13-15(18-9-17-13)20-10-19-14/h5,7,9-10H,4,6,8H2,1-3H3,(H2,16,17,18,19,20)/b12-7+. The molecule has 0 unspecified atom stereocenters. The molecule has 2 aromatic rings. The second-order valence-electron chi connectivity index (χ2n) is 5.07. The summed E-state index contributed by atoms with van der Waals surface area (Å²) in [5, 5.41) is 3.29. The molecule has 0 aliphatic rings. The first-order valence-electron chi connectivity index (χ1n) is 6.84. The molecule has 0 saturated heterocycles. The number of nitrogens with one attached hydrogen (secondary N) is 2. The normalized spacial score (nSPS) is 11.7. The SMILES string of the molecule is CC(C)=CCC/C(C)=C/CNc1ncnc2nc[nH]c12. The van der Waals surface area contributed by atoms with Gasteiger partial charge in [0.15, 0.2) is 11.5 Å². The lowest BCUT2D eigenvalue weighted by atomic mass is 10.1. The Kier molecular flexibility index (Phi) is 4.87. The zero-order valence-corrected chi connectivity index (χ0v) is 12.3. The number of anilines is 1. The molecular formula is C15H21N5. The Hall–Kier alpha value is -2.17. The third-order valence-electron chi connectivity index (χ3n) is 3.03. The minimum absolute atomic E-state index is 0.687. The van der Waals surface area contributed by atoms with Crippen molar-refractivity contribution in [1.82, 2.24) is 19.9 Å². The fraction of sp³-hybridized carbons (Fsp3) is 0.400. The number of allylic oxidation sites excluding steroid dienone is 3. The predicted octanol–water partition coefficient (Wildman–Crippen LogP) is 3.46. The predicted molar refractivity (Wildman–Crippen MR) is 82.6 cm³/mol. The van der Waals surface area contributed by atoms with E-state index >= 15 is 0 Å². The topological polar surface area (TPSA) is 66.5 Å². The second-order valence-corrected chi connectivity index (χ2v) is 5.07. The first kappa shape index (κ1) is 14.2. The van der Waals surface area contributed by atoms with Crippen molar-refractivity contribution in [2.45, 2.75) is 33.6 Å². The number of H-pyrrole nitrogens is 1. The van der Waals surface area contributed by atoms with Gasteiger partial charge in [-0.1, -0.05) is 23.3 Å². The highest BCUT2D eigenvalue weighted by atomic mass is 15.1. The maximum absolute atomic E-state index is 4.23. The van der Waals surface area contributed by atoms with Crippen LogP contribution in [0.25, 0.3) is 11.2 Å². The number of imidazole rings is 1. The molecule has 2 rings (SSSR count). The van der Waals surface area contributed by atoms with Gasteiger partial charge in [-0.25, -0.2) is 15.0 Å². The highest BCUT2D eigenvalue weighted by molar-refractivity contribution is 5.81. The zero-order valence-electron chi connectivity index (χ0n) is 12.3. The number of aromatic amines is 1. The lowest BCUT2D eigenvalue weighted by Gasteiger charge is -2.04. The molecule has 5 heteroatoms. The van der Waals surface area contributed by atoms with Gasteiger partial charge in [0.2, 0.25) is 0 Å². The van der Waals surface area contributed by atoms with E-state index in [9.17, 15) is 0 Å². The van der Waals surface area contributed by atoms with E-state index < -0.39 is 0 Å². The summed E-state index contributed by atoms with van der Waals surface area (Å²) in [6, 6.07) is 0. The first-order chi connectivity index (χ1) is 9.66. The quantitative estimate of drug-likeness (QED) is 0.790. The van der Waals surface area contributed by atoms with Gasteiger partial charge in [-0.05, 0) is 33.6 Å². The van der Waals surface area contributed by atoms with Gasteiger partial charge < -0.3 is 10.3 Å². The van der Waals surface area contributed by atoms with Crippen molar-refractivity contribution in [3.05, 3.63) is 36.0 Å². The molecule has 0 aromatic carbocycles. The maximum atomic E-state index is 4.23. The summed E-state index contributed by atoms with van der Waals surface area (Å²) in [6.07, 6.45) is 9.81. The average molecular weight is 271 g/mol. The van der Waals surface area contributed by atoms with Crippen LogP contribution >= 0.6 is 0 Å². The molecule has 0 radical (unpaired) electrons. The molecule has 0 fully saturated rings. The third-order valence-corrected chi connectivity index (χ3v) is 3.03. The fourth-order valence-corrected chi connectivity index (χ4v) is 1.91. The van der Waals surface area contributed by atoms with Crippen molar-refractivity contribution in [1.29, 1.82) is 0 Å². The Morgan fingerprint density at radius 2 is 2.05 bits per heavy atom. The van der Waals surface area contributed by atoms with Crippen molar-refractivity contribution in [3.63, 3.8) is 0 Å². The first-order valence-corrected chi connectivity index (χ1v) is 6.84. The molecule has 0 aliphatic heterocycles. The Bertz CT molecular complexity index is 620. The number of hydrogen-bond acceptors (Lipinski definition) is 4. The largest absolute Gasteiger partial charge is 0.365 e. The van der Waals surface area contributed by atoms with E-state index in [1.165, 1.54) is 17.5 Å². The summed E-state index contributed by atoms with van der Waals surface area (Å²) in [4.78, 5) is 15.5. The molecule has 2 aromatic heterocycles. The molecule has 0 saturated carbocycles. The lowest BCUT2D eigenvalue weighted by molar-refractivity contribution is 0.959. The monoisotopic (exact) mass is 271 g/mol. The van der Waals surface area contributed by atoms with E-state index in [4.69, 9.17) is 0 Å². The molecule has 0 amide bonds. The smallest absolute Gasteiger partial charge is 0.182 e. The Morgan fingerprint density at radius 3 is 2.85 bits per heavy atom. The van der Waals surface area contributed by atoms with E-state index in [1.54, 1.807) is 6.33 Å². The van der Waals surface area contributed by atoms with E-state index in [2.05, 4.69) is 58.2 Å². The lowest BCUT2D eigenvalue weighted by Crippen LogP contribution is -2.02. The number of nitrogens with zero attached hydrogens (tertiary/aromatic N) is 3. The molecule has 2 heterocycles. The van der Waals surface area contributed by atoms with Gasteiger partial charge in [0.1, 0.15) is 11.8 Å². The Morgan fingerprint density at radius 1 is 1.20 bits per heavy atom. The van der Waals surface area contributed by atoms with Crippen LogP contribution in [0.3, 0.4) is 0 Å². The van der Waals surface area contributed by atoms with Crippen molar-refractivity contribution >= 4 is 17.0 Å². The summed E-state index contributed by atoms with van der Waals surface area (Å²) in [5.74, 6) is 0.792. The third kappa shape index (κ3) is 3.91. The van der Waals surface area contributed by atoms with Crippen LogP contribution in [-0.4, -0.2) is 26.5 Å². The summed E-state index contributed by atoms with van der Waals surface area (Å²) in [5.41, 5.74) is 4.29. The minimum Gasteiger partial charge on any atom is -0.365 e. The minimum atomic E-state index is 0.687. The Balaban J connectivity index is 1.89. The van der Waals surface area contributed by atoms with Crippen LogP contribution < -0.4 is 5.32 Å². The van der Waals surface area contributed by atoms with Crippen LogP contribution in [0.5, 0.6) is 0 Å². The van der Waals surface area contributed by atoms with Crippen LogP contribution in [0.2, 0.25) is 0 Å². The van der Waals surface area contributed by atoms with E-state index in [-0.39, 0.29) is 0 Å². The molecule has 5 nitrogen and oxygen atoms in total. The number of rotatable bonds is 6. The van der Waals surface area contributed by atoms with E-state index in [0.29, 0.717) is 5.65 Å². The Labute approximate surface area is 119 Å². The van der Waals surface area contributed by atoms with Crippen molar-refractivity contribution in [3.8, 4) is 0 Å². The second kappa shape index (κ2) is 6.84. The number of hydrogen-bond donors (Lipinski definition) is 2. The molecule has 0 aliphatic carbocycles. The highest BCUT2D eigenvalue weighted by Gasteiger charge is 2.03. The number of fused-ring (bicyclic) bond motifs is 1. The molecule has 0 spiro atoms. The van der Waals surface area contributed by atoms with Crippen molar-refractivity contribution in [2.75, 3.05) is 11.9 Å². The summed E-state index contributed by atoms with van der Waals surface area (Å²) in [6.45, 7) is 7.18. The van der Waals surface area contributed by atoms with E-state index in [1.807, 2.05) is 0 Å².